The molecule has 2 unspecified atom stereocenters. The highest BCUT2D eigenvalue weighted by atomic mass is 35.5. The molecule has 0 bridgehead atoms. The van der Waals surface area contributed by atoms with E-state index in [9.17, 15) is 4.79 Å². The average Bonchev–Trinajstić information content (AvgIpc) is 2.87. The second kappa shape index (κ2) is 4.87. The summed E-state index contributed by atoms with van der Waals surface area (Å²) in [6, 6.07) is 2.07. The summed E-state index contributed by atoms with van der Waals surface area (Å²) in [5, 5.41) is 4.14. The summed E-state index contributed by atoms with van der Waals surface area (Å²) in [7, 11) is 0. The fraction of sp³-hybridized carbons (Fsp3) is 0.636. The number of rotatable bonds is 4. The Morgan fingerprint density at radius 2 is 2.50 bits per heavy atom. The van der Waals surface area contributed by atoms with E-state index in [0.717, 1.165) is 13.1 Å². The molecule has 1 fully saturated rings. The minimum absolute atomic E-state index is 0.181. The molecule has 1 aromatic heterocycles. The molecule has 1 aromatic rings. The van der Waals surface area contributed by atoms with Crippen LogP contribution in [-0.4, -0.2) is 39.1 Å². The Labute approximate surface area is 100 Å². The molecule has 0 N–H and O–H groups in total. The molecular formula is C11H16ClN3O. The summed E-state index contributed by atoms with van der Waals surface area (Å²) in [5.74, 6) is 1.09. The van der Waals surface area contributed by atoms with Crippen molar-refractivity contribution in [2.24, 2.45) is 5.92 Å². The van der Waals surface area contributed by atoms with E-state index in [4.69, 9.17) is 11.6 Å². The molecule has 0 spiro atoms. The summed E-state index contributed by atoms with van der Waals surface area (Å²) in [5.41, 5.74) is 0. The molecule has 1 aliphatic heterocycles. The second-order valence-corrected chi connectivity index (χ2v) is 4.66. The van der Waals surface area contributed by atoms with Gasteiger partial charge in [-0.3, -0.25) is 9.48 Å². The molecule has 0 aliphatic carbocycles. The first-order valence-electron chi connectivity index (χ1n) is 5.53. The molecule has 2 heterocycles. The zero-order chi connectivity index (χ0) is 11.5. The third-order valence-corrected chi connectivity index (χ3v) is 3.44. The third-order valence-electron chi connectivity index (χ3n) is 3.00. The van der Waals surface area contributed by atoms with E-state index in [1.807, 2.05) is 21.8 Å². The van der Waals surface area contributed by atoms with Crippen LogP contribution in [0.4, 0.5) is 0 Å². The quantitative estimate of drug-likeness (QED) is 0.747. The number of likely N-dealkylation sites (tertiary alicyclic amines) is 1. The van der Waals surface area contributed by atoms with Crippen molar-refractivity contribution in [3.63, 3.8) is 0 Å². The van der Waals surface area contributed by atoms with Gasteiger partial charge in [-0.2, -0.15) is 5.10 Å². The lowest BCUT2D eigenvalue weighted by Gasteiger charge is -2.24. The molecule has 5 heteroatoms. The van der Waals surface area contributed by atoms with Gasteiger partial charge in [-0.25, -0.2) is 0 Å². The molecule has 4 nitrogen and oxygen atoms in total. The van der Waals surface area contributed by atoms with Gasteiger partial charge in [-0.1, -0.05) is 0 Å². The largest absolute Gasteiger partial charge is 0.338 e. The van der Waals surface area contributed by atoms with Gasteiger partial charge >= 0.3 is 0 Å². The molecule has 0 saturated carbocycles. The van der Waals surface area contributed by atoms with Crippen molar-refractivity contribution in [3.8, 4) is 0 Å². The van der Waals surface area contributed by atoms with Crippen molar-refractivity contribution in [1.29, 1.82) is 0 Å². The number of alkyl halides is 1. The van der Waals surface area contributed by atoms with Crippen LogP contribution in [0.1, 0.15) is 13.3 Å². The van der Waals surface area contributed by atoms with Gasteiger partial charge in [-0.05, 0) is 18.9 Å². The van der Waals surface area contributed by atoms with Crippen LogP contribution in [0, 0.1) is 5.92 Å². The Morgan fingerprint density at radius 1 is 1.69 bits per heavy atom. The minimum Gasteiger partial charge on any atom is -0.338 e. The lowest BCUT2D eigenvalue weighted by atomic mass is 10.1. The summed E-state index contributed by atoms with van der Waals surface area (Å²) in [6.45, 7) is 3.58. The fourth-order valence-corrected chi connectivity index (χ4v) is 2.32. The van der Waals surface area contributed by atoms with Crippen molar-refractivity contribution in [2.75, 3.05) is 12.4 Å². The predicted molar refractivity (Wildman–Crippen MR) is 62.2 cm³/mol. The van der Waals surface area contributed by atoms with Crippen LogP contribution in [0.3, 0.4) is 0 Å². The summed E-state index contributed by atoms with van der Waals surface area (Å²) in [4.78, 5) is 13.7. The lowest BCUT2D eigenvalue weighted by Crippen LogP contribution is -2.37. The Hall–Kier alpha value is -1.03. The summed E-state index contributed by atoms with van der Waals surface area (Å²) in [6.07, 6.45) is 4.25. The van der Waals surface area contributed by atoms with Gasteiger partial charge in [0.05, 0.1) is 6.54 Å². The SMILES string of the molecule is CC(Cn1cccn1)N1CC(CCl)CC1=O. The molecule has 16 heavy (non-hydrogen) atoms. The van der Waals surface area contributed by atoms with Gasteiger partial charge in [0.15, 0.2) is 0 Å². The first kappa shape index (κ1) is 11.5. The molecule has 2 atom stereocenters. The molecule has 1 aliphatic rings. The van der Waals surface area contributed by atoms with Gasteiger partial charge < -0.3 is 4.90 Å². The molecule has 0 radical (unpaired) electrons. The van der Waals surface area contributed by atoms with Crippen molar-refractivity contribution >= 4 is 17.5 Å². The Morgan fingerprint density at radius 3 is 3.06 bits per heavy atom. The normalized spacial score (nSPS) is 22.8. The van der Waals surface area contributed by atoms with E-state index in [2.05, 4.69) is 12.0 Å². The zero-order valence-corrected chi connectivity index (χ0v) is 10.1. The summed E-state index contributed by atoms with van der Waals surface area (Å²) >= 11 is 5.79. The number of aromatic nitrogens is 2. The first-order valence-corrected chi connectivity index (χ1v) is 6.07. The van der Waals surface area contributed by atoms with E-state index in [1.165, 1.54) is 0 Å². The van der Waals surface area contributed by atoms with Crippen LogP contribution in [0.2, 0.25) is 0 Å². The van der Waals surface area contributed by atoms with Crippen molar-refractivity contribution in [2.45, 2.75) is 25.9 Å². The number of nitrogens with zero attached hydrogens (tertiary/aromatic N) is 3. The van der Waals surface area contributed by atoms with Gasteiger partial charge in [-0.15, -0.1) is 11.6 Å². The zero-order valence-electron chi connectivity index (χ0n) is 9.34. The van der Waals surface area contributed by atoms with E-state index < -0.39 is 0 Å². The maximum Gasteiger partial charge on any atom is 0.223 e. The van der Waals surface area contributed by atoms with Gasteiger partial charge in [0.1, 0.15) is 0 Å². The molecule has 0 aromatic carbocycles. The smallest absolute Gasteiger partial charge is 0.223 e. The van der Waals surface area contributed by atoms with Crippen LogP contribution in [0.5, 0.6) is 0 Å². The fourth-order valence-electron chi connectivity index (χ4n) is 2.12. The highest BCUT2D eigenvalue weighted by Crippen LogP contribution is 2.21. The van der Waals surface area contributed by atoms with Crippen molar-refractivity contribution < 1.29 is 4.79 Å². The van der Waals surface area contributed by atoms with Gasteiger partial charge in [0.2, 0.25) is 5.91 Å². The monoisotopic (exact) mass is 241 g/mol. The number of carbonyl (C=O) groups is 1. The molecular weight excluding hydrogens is 226 g/mol. The Kier molecular flexibility index (Phi) is 3.49. The van der Waals surface area contributed by atoms with Crippen molar-refractivity contribution in [1.82, 2.24) is 14.7 Å². The number of halogens is 1. The summed E-state index contributed by atoms with van der Waals surface area (Å²) < 4.78 is 1.85. The number of amides is 1. The first-order chi connectivity index (χ1) is 7.70. The lowest BCUT2D eigenvalue weighted by molar-refractivity contribution is -0.129. The molecule has 1 saturated heterocycles. The topological polar surface area (TPSA) is 38.1 Å². The maximum atomic E-state index is 11.8. The molecule has 88 valence electrons. The number of hydrogen-bond donors (Lipinski definition) is 0. The standard InChI is InChI=1S/C11H16ClN3O/c1-9(7-14-4-2-3-13-14)15-8-10(6-12)5-11(15)16/h2-4,9-10H,5-8H2,1H3. The second-order valence-electron chi connectivity index (χ2n) is 4.35. The Bertz CT molecular complexity index is 352. The van der Waals surface area contributed by atoms with Crippen LogP contribution in [0.15, 0.2) is 18.5 Å². The van der Waals surface area contributed by atoms with Crippen LogP contribution < -0.4 is 0 Å². The highest BCUT2D eigenvalue weighted by molar-refractivity contribution is 6.18. The van der Waals surface area contributed by atoms with Crippen LogP contribution in [-0.2, 0) is 11.3 Å². The van der Waals surface area contributed by atoms with E-state index >= 15 is 0 Å². The third kappa shape index (κ3) is 2.38. The van der Waals surface area contributed by atoms with Gasteiger partial charge in [0, 0.05) is 37.3 Å². The van der Waals surface area contributed by atoms with Crippen LogP contribution in [0.25, 0.3) is 0 Å². The maximum absolute atomic E-state index is 11.8. The number of hydrogen-bond acceptors (Lipinski definition) is 2. The van der Waals surface area contributed by atoms with E-state index in [-0.39, 0.29) is 11.9 Å². The molecule has 1 amide bonds. The van der Waals surface area contributed by atoms with Crippen molar-refractivity contribution in [3.05, 3.63) is 18.5 Å². The number of carbonyl (C=O) groups excluding carboxylic acids is 1. The minimum atomic E-state index is 0.181. The predicted octanol–water partition coefficient (Wildman–Crippen LogP) is 1.36. The Balaban J connectivity index is 1.95. The highest BCUT2D eigenvalue weighted by Gasteiger charge is 2.31. The molecule has 2 rings (SSSR count). The van der Waals surface area contributed by atoms with Crippen LogP contribution >= 0.6 is 11.6 Å². The van der Waals surface area contributed by atoms with E-state index in [0.29, 0.717) is 18.2 Å². The van der Waals surface area contributed by atoms with E-state index in [1.54, 1.807) is 6.20 Å². The van der Waals surface area contributed by atoms with Gasteiger partial charge in [0.25, 0.3) is 0 Å². The average molecular weight is 242 g/mol.